The van der Waals surface area contributed by atoms with Crippen molar-refractivity contribution in [3.63, 3.8) is 0 Å². The lowest BCUT2D eigenvalue weighted by Gasteiger charge is -2.27. The van der Waals surface area contributed by atoms with E-state index in [1.807, 2.05) is 30.3 Å². The predicted octanol–water partition coefficient (Wildman–Crippen LogP) is 8.41. The molecule has 3 aromatic carbocycles. The van der Waals surface area contributed by atoms with Gasteiger partial charge in [-0.3, -0.25) is 0 Å². The lowest BCUT2D eigenvalue weighted by Crippen LogP contribution is -2.13. The number of rotatable bonds is 8. The predicted molar refractivity (Wildman–Crippen MR) is 132 cm³/mol. The van der Waals surface area contributed by atoms with Crippen LogP contribution in [0, 0.1) is 23.4 Å². The minimum atomic E-state index is -0.766. The highest BCUT2D eigenvalue weighted by Gasteiger charge is 2.25. The average molecular weight is 465 g/mol. The maximum atomic E-state index is 15.0. The van der Waals surface area contributed by atoms with Crippen LogP contribution < -0.4 is 4.74 Å². The summed E-state index contributed by atoms with van der Waals surface area (Å²) in [6, 6.07) is 15.9. The SMILES string of the molecule is C=CCOc1ccc(CCc2ccc(-c3ccc(C4CCC(C)CC4)c(F)c3F)cc2)cc1F. The molecule has 0 radical (unpaired) electrons. The monoisotopic (exact) mass is 464 g/mol. The van der Waals surface area contributed by atoms with Gasteiger partial charge in [-0.15, -0.1) is 0 Å². The van der Waals surface area contributed by atoms with Crippen molar-refractivity contribution in [1.29, 1.82) is 0 Å². The number of hydrogen-bond acceptors (Lipinski definition) is 1. The number of ether oxygens (including phenoxy) is 1. The molecule has 0 saturated heterocycles. The van der Waals surface area contributed by atoms with Gasteiger partial charge in [-0.1, -0.05) is 74.9 Å². The van der Waals surface area contributed by atoms with Gasteiger partial charge >= 0.3 is 0 Å². The van der Waals surface area contributed by atoms with Crippen LogP contribution in [0.25, 0.3) is 11.1 Å². The summed E-state index contributed by atoms with van der Waals surface area (Å²) in [7, 11) is 0. The third-order valence-corrected chi connectivity index (χ3v) is 6.89. The molecular weight excluding hydrogens is 433 g/mol. The van der Waals surface area contributed by atoms with Gasteiger partial charge in [0.1, 0.15) is 6.61 Å². The van der Waals surface area contributed by atoms with Crippen LogP contribution in [-0.2, 0) is 12.8 Å². The molecule has 0 aromatic heterocycles. The van der Waals surface area contributed by atoms with Crippen molar-refractivity contribution < 1.29 is 17.9 Å². The maximum Gasteiger partial charge on any atom is 0.166 e. The number of benzene rings is 3. The molecule has 0 heterocycles. The van der Waals surface area contributed by atoms with E-state index in [1.54, 1.807) is 24.3 Å². The zero-order chi connectivity index (χ0) is 24.1. The first kappa shape index (κ1) is 24.1. The Morgan fingerprint density at radius 1 is 0.853 bits per heavy atom. The number of aryl methyl sites for hydroxylation is 2. The van der Waals surface area contributed by atoms with Crippen LogP contribution in [0.2, 0.25) is 0 Å². The van der Waals surface area contributed by atoms with E-state index in [1.165, 1.54) is 6.07 Å². The van der Waals surface area contributed by atoms with E-state index >= 15 is 0 Å². The molecule has 3 aromatic rings. The topological polar surface area (TPSA) is 9.23 Å². The fourth-order valence-electron chi connectivity index (χ4n) is 4.78. The van der Waals surface area contributed by atoms with Crippen molar-refractivity contribution in [1.82, 2.24) is 0 Å². The average Bonchev–Trinajstić information content (AvgIpc) is 2.85. The van der Waals surface area contributed by atoms with Crippen molar-refractivity contribution in [3.8, 4) is 16.9 Å². The molecule has 1 aliphatic carbocycles. The first-order chi connectivity index (χ1) is 16.5. The van der Waals surface area contributed by atoms with Crippen molar-refractivity contribution in [2.24, 2.45) is 5.92 Å². The highest BCUT2D eigenvalue weighted by molar-refractivity contribution is 5.65. The van der Waals surface area contributed by atoms with Gasteiger partial charge in [0.15, 0.2) is 23.2 Å². The molecular formula is C30H31F3O. The fourth-order valence-corrected chi connectivity index (χ4v) is 4.78. The summed E-state index contributed by atoms with van der Waals surface area (Å²) in [5.41, 5.74) is 3.36. The Morgan fingerprint density at radius 3 is 2.21 bits per heavy atom. The Morgan fingerprint density at radius 2 is 1.53 bits per heavy atom. The molecule has 34 heavy (non-hydrogen) atoms. The molecule has 178 valence electrons. The highest BCUT2D eigenvalue weighted by atomic mass is 19.2. The Hall–Kier alpha value is -3.01. The zero-order valence-corrected chi connectivity index (χ0v) is 19.6. The molecule has 1 fully saturated rings. The summed E-state index contributed by atoms with van der Waals surface area (Å²) in [5, 5.41) is 0. The minimum absolute atomic E-state index is 0.106. The fraction of sp³-hybridized carbons (Fsp3) is 0.333. The van der Waals surface area contributed by atoms with E-state index in [0.29, 0.717) is 29.9 Å². The van der Waals surface area contributed by atoms with E-state index in [-0.39, 0.29) is 23.8 Å². The van der Waals surface area contributed by atoms with Crippen molar-refractivity contribution in [2.45, 2.75) is 51.4 Å². The molecule has 1 saturated carbocycles. The van der Waals surface area contributed by atoms with E-state index in [4.69, 9.17) is 4.74 Å². The van der Waals surface area contributed by atoms with Crippen LogP contribution in [0.15, 0.2) is 67.3 Å². The summed E-state index contributed by atoms with van der Waals surface area (Å²) >= 11 is 0. The summed E-state index contributed by atoms with van der Waals surface area (Å²) < 4.78 is 49.3. The Bertz CT molecular complexity index is 1130. The maximum absolute atomic E-state index is 15.0. The standard InChI is InChI=1S/C30H31F3O/c1-3-18-34-28-17-10-22(19-27(28)31)7-6-21-8-13-24(14-9-21)26-16-15-25(29(32)30(26)33)23-11-4-20(2)5-12-23/h3,8-10,13-17,19-20,23H,1,4-7,11-12,18H2,2H3. The van der Waals surface area contributed by atoms with Crippen molar-refractivity contribution >= 4 is 0 Å². The molecule has 0 atom stereocenters. The van der Waals surface area contributed by atoms with Gasteiger partial charge in [-0.05, 0) is 71.9 Å². The van der Waals surface area contributed by atoms with Crippen LogP contribution in [0.1, 0.15) is 55.2 Å². The van der Waals surface area contributed by atoms with Gasteiger partial charge in [-0.25, -0.2) is 13.2 Å². The van der Waals surface area contributed by atoms with Gasteiger partial charge in [0.25, 0.3) is 0 Å². The molecule has 1 nitrogen and oxygen atoms in total. The van der Waals surface area contributed by atoms with E-state index in [9.17, 15) is 13.2 Å². The van der Waals surface area contributed by atoms with E-state index in [2.05, 4.69) is 13.5 Å². The summed E-state index contributed by atoms with van der Waals surface area (Å²) in [5.74, 6) is -0.877. The summed E-state index contributed by atoms with van der Waals surface area (Å²) in [6.07, 6.45) is 6.91. The van der Waals surface area contributed by atoms with Crippen LogP contribution in [0.4, 0.5) is 13.2 Å². The van der Waals surface area contributed by atoms with Crippen molar-refractivity contribution in [3.05, 3.63) is 101 Å². The van der Waals surface area contributed by atoms with Gasteiger partial charge in [0.2, 0.25) is 0 Å². The summed E-state index contributed by atoms with van der Waals surface area (Å²) in [6.45, 7) is 6.04. The minimum Gasteiger partial charge on any atom is -0.486 e. The Balaban J connectivity index is 1.42. The Labute approximate surface area is 200 Å². The second-order valence-corrected chi connectivity index (χ2v) is 9.35. The van der Waals surface area contributed by atoms with Crippen LogP contribution in [0.5, 0.6) is 5.75 Å². The quantitative estimate of drug-likeness (QED) is 0.304. The molecule has 4 rings (SSSR count). The van der Waals surface area contributed by atoms with Gasteiger partial charge in [-0.2, -0.15) is 0 Å². The Kier molecular flexibility index (Phi) is 7.77. The van der Waals surface area contributed by atoms with Crippen LogP contribution in [-0.4, -0.2) is 6.61 Å². The van der Waals surface area contributed by atoms with Gasteiger partial charge in [0.05, 0.1) is 0 Å². The summed E-state index contributed by atoms with van der Waals surface area (Å²) in [4.78, 5) is 0. The molecule has 0 N–H and O–H groups in total. The normalized spacial score (nSPS) is 18.0. The van der Waals surface area contributed by atoms with Crippen molar-refractivity contribution in [2.75, 3.05) is 6.61 Å². The van der Waals surface area contributed by atoms with Gasteiger partial charge in [0, 0.05) is 5.56 Å². The molecule has 4 heteroatoms. The molecule has 0 spiro atoms. The first-order valence-corrected chi connectivity index (χ1v) is 12.1. The van der Waals surface area contributed by atoms with E-state index in [0.717, 1.165) is 36.8 Å². The third kappa shape index (κ3) is 5.55. The lowest BCUT2D eigenvalue weighted by atomic mass is 9.79. The molecule has 1 aliphatic rings. The molecule has 0 amide bonds. The zero-order valence-electron chi connectivity index (χ0n) is 19.6. The number of hydrogen-bond donors (Lipinski definition) is 0. The second kappa shape index (κ2) is 10.9. The lowest BCUT2D eigenvalue weighted by molar-refractivity contribution is 0.339. The first-order valence-electron chi connectivity index (χ1n) is 12.1. The molecule has 0 aliphatic heterocycles. The van der Waals surface area contributed by atoms with Crippen LogP contribution in [0.3, 0.4) is 0 Å². The largest absolute Gasteiger partial charge is 0.486 e. The second-order valence-electron chi connectivity index (χ2n) is 9.35. The highest BCUT2D eigenvalue weighted by Crippen LogP contribution is 2.38. The number of halogens is 3. The molecule has 0 unspecified atom stereocenters. The van der Waals surface area contributed by atoms with Gasteiger partial charge < -0.3 is 4.74 Å². The van der Waals surface area contributed by atoms with Crippen LogP contribution >= 0.6 is 0 Å². The third-order valence-electron chi connectivity index (χ3n) is 6.89. The smallest absolute Gasteiger partial charge is 0.166 e. The molecule has 0 bridgehead atoms. The van der Waals surface area contributed by atoms with E-state index < -0.39 is 17.5 Å².